The molecule has 0 aliphatic heterocycles. The zero-order valence-electron chi connectivity index (χ0n) is 15.0. The molecule has 0 fully saturated rings. The Morgan fingerprint density at radius 3 is 2.38 bits per heavy atom. The molecule has 2 aromatic rings. The van der Waals surface area contributed by atoms with E-state index in [1.54, 1.807) is 0 Å². The summed E-state index contributed by atoms with van der Waals surface area (Å²) in [5, 5.41) is 6.52. The van der Waals surface area contributed by atoms with Crippen LogP contribution < -0.4 is 10.0 Å². The highest BCUT2D eigenvalue weighted by Gasteiger charge is 2.28. The van der Waals surface area contributed by atoms with E-state index in [0.29, 0.717) is 6.42 Å². The lowest BCUT2D eigenvalue weighted by Gasteiger charge is -2.21. The molecule has 26 heavy (non-hydrogen) atoms. The third kappa shape index (κ3) is 4.72. The number of halogens is 1. The van der Waals surface area contributed by atoms with Crippen LogP contribution >= 0.6 is 15.9 Å². The Bertz CT molecular complexity index is 858. The molecule has 1 aromatic heterocycles. The predicted octanol–water partition coefficient (Wildman–Crippen LogP) is 2.99. The maximum atomic E-state index is 12.5. The number of rotatable bonds is 7. The number of benzene rings is 1. The Morgan fingerprint density at radius 1 is 1.27 bits per heavy atom. The molecule has 0 radical (unpaired) electrons. The molecule has 2 rings (SSSR count). The molecule has 0 spiro atoms. The van der Waals surface area contributed by atoms with Gasteiger partial charge in [-0.2, -0.15) is 4.72 Å². The molecular formula is C17H22BrN3O4S. The van der Waals surface area contributed by atoms with Crippen molar-refractivity contribution in [1.29, 1.82) is 0 Å². The maximum absolute atomic E-state index is 12.5. The number of carbonyl (C=O) groups excluding carboxylic acids is 1. The fourth-order valence-electron chi connectivity index (χ4n) is 2.62. The van der Waals surface area contributed by atoms with E-state index in [1.807, 2.05) is 31.2 Å². The van der Waals surface area contributed by atoms with E-state index in [4.69, 9.17) is 4.52 Å². The molecule has 0 aliphatic rings. The summed E-state index contributed by atoms with van der Waals surface area (Å²) >= 11 is 3.38. The van der Waals surface area contributed by atoms with E-state index in [1.165, 1.54) is 20.8 Å². The van der Waals surface area contributed by atoms with Gasteiger partial charge in [0.05, 0.1) is 12.1 Å². The molecule has 1 unspecified atom stereocenters. The van der Waals surface area contributed by atoms with Gasteiger partial charge in [0, 0.05) is 4.47 Å². The highest BCUT2D eigenvalue weighted by molar-refractivity contribution is 9.10. The van der Waals surface area contributed by atoms with Crippen LogP contribution in [0.1, 0.15) is 43.3 Å². The zero-order valence-corrected chi connectivity index (χ0v) is 17.4. The molecule has 2 N–H and O–H groups in total. The minimum Gasteiger partial charge on any atom is -0.360 e. The summed E-state index contributed by atoms with van der Waals surface area (Å²) < 4.78 is 33.3. The fourth-order valence-corrected chi connectivity index (χ4v) is 4.41. The van der Waals surface area contributed by atoms with Gasteiger partial charge in [0.1, 0.15) is 10.6 Å². The van der Waals surface area contributed by atoms with Gasteiger partial charge >= 0.3 is 0 Å². The average Bonchev–Trinajstić information content (AvgIpc) is 2.92. The molecule has 0 bridgehead atoms. The van der Waals surface area contributed by atoms with E-state index >= 15 is 0 Å². The van der Waals surface area contributed by atoms with Crippen molar-refractivity contribution < 1.29 is 17.7 Å². The quantitative estimate of drug-likeness (QED) is 0.684. The third-order valence-electron chi connectivity index (χ3n) is 3.96. The highest BCUT2D eigenvalue weighted by atomic mass is 79.9. The molecule has 2 atom stereocenters. The second-order valence-electron chi connectivity index (χ2n) is 6.02. The molecule has 0 saturated carbocycles. The first kappa shape index (κ1) is 20.6. The zero-order chi connectivity index (χ0) is 19.5. The lowest BCUT2D eigenvalue weighted by atomic mass is 10.0. The lowest BCUT2D eigenvalue weighted by molar-refractivity contribution is -0.123. The molecule has 0 aliphatic carbocycles. The van der Waals surface area contributed by atoms with Crippen molar-refractivity contribution in [2.24, 2.45) is 0 Å². The summed E-state index contributed by atoms with van der Waals surface area (Å²) in [6, 6.07) is 6.47. The van der Waals surface area contributed by atoms with Gasteiger partial charge in [0.2, 0.25) is 15.9 Å². The van der Waals surface area contributed by atoms with Gasteiger partial charge < -0.3 is 9.84 Å². The van der Waals surface area contributed by atoms with Gasteiger partial charge in [-0.15, -0.1) is 0 Å². The number of sulfonamides is 1. The number of nitrogens with zero attached hydrogens (tertiary/aromatic N) is 1. The van der Waals surface area contributed by atoms with Gasteiger partial charge in [-0.25, -0.2) is 8.42 Å². The number of nitrogens with one attached hydrogen (secondary N) is 2. The number of amides is 1. The SMILES string of the molecule is CCC(NC(=O)[C@H](C)NS(=O)(=O)c1c(C)noc1C)c1ccc(Br)cc1. The van der Waals surface area contributed by atoms with Crippen molar-refractivity contribution in [3.05, 3.63) is 45.8 Å². The lowest BCUT2D eigenvalue weighted by Crippen LogP contribution is -2.45. The second-order valence-corrected chi connectivity index (χ2v) is 8.58. The molecule has 1 aromatic carbocycles. The van der Waals surface area contributed by atoms with E-state index < -0.39 is 22.0 Å². The van der Waals surface area contributed by atoms with Crippen LogP contribution in [0.5, 0.6) is 0 Å². The number of aromatic nitrogens is 1. The maximum Gasteiger partial charge on any atom is 0.246 e. The third-order valence-corrected chi connectivity index (χ3v) is 6.27. The van der Waals surface area contributed by atoms with Crippen molar-refractivity contribution in [1.82, 2.24) is 15.2 Å². The summed E-state index contributed by atoms with van der Waals surface area (Å²) in [6.07, 6.45) is 0.677. The number of aryl methyl sites for hydroxylation is 2. The summed E-state index contributed by atoms with van der Waals surface area (Å²) in [5.74, 6) is -0.223. The van der Waals surface area contributed by atoms with E-state index in [2.05, 4.69) is 31.1 Å². The van der Waals surface area contributed by atoms with Gasteiger partial charge in [-0.05, 0) is 44.9 Å². The van der Waals surface area contributed by atoms with Crippen LogP contribution in [-0.4, -0.2) is 25.5 Å². The molecule has 0 saturated heterocycles. The van der Waals surface area contributed by atoms with Crippen molar-refractivity contribution in [3.8, 4) is 0 Å². The van der Waals surface area contributed by atoms with Crippen LogP contribution in [0.2, 0.25) is 0 Å². The van der Waals surface area contributed by atoms with Gasteiger partial charge in [0.15, 0.2) is 5.76 Å². The van der Waals surface area contributed by atoms with Gasteiger partial charge in [0.25, 0.3) is 0 Å². The van der Waals surface area contributed by atoms with Crippen LogP contribution in [0.3, 0.4) is 0 Å². The van der Waals surface area contributed by atoms with Crippen molar-refractivity contribution >= 4 is 31.9 Å². The summed E-state index contributed by atoms with van der Waals surface area (Å²) in [6.45, 7) is 6.50. The molecular weight excluding hydrogens is 422 g/mol. The molecule has 1 heterocycles. The Balaban J connectivity index is 2.10. The predicted molar refractivity (Wildman–Crippen MR) is 101 cm³/mol. The minimum atomic E-state index is -3.91. The molecule has 142 valence electrons. The number of hydrogen-bond acceptors (Lipinski definition) is 5. The second kappa shape index (κ2) is 8.32. The fraction of sp³-hybridized carbons (Fsp3) is 0.412. The van der Waals surface area contributed by atoms with Gasteiger partial charge in [-0.1, -0.05) is 40.1 Å². The van der Waals surface area contributed by atoms with Crippen LogP contribution in [-0.2, 0) is 14.8 Å². The van der Waals surface area contributed by atoms with Crippen LogP contribution in [0.4, 0.5) is 0 Å². The first-order valence-electron chi connectivity index (χ1n) is 8.16. The standard InChI is InChI=1S/C17H22BrN3O4S/c1-5-15(13-6-8-14(18)9-7-13)19-17(22)11(3)21-26(23,24)16-10(2)20-25-12(16)4/h6-9,11,15,21H,5H2,1-4H3,(H,19,22)/t11-,15?/m0/s1. The van der Waals surface area contributed by atoms with Crippen LogP contribution in [0.25, 0.3) is 0 Å². The summed E-state index contributed by atoms with van der Waals surface area (Å²) in [4.78, 5) is 12.5. The Labute approximate surface area is 161 Å². The van der Waals surface area contributed by atoms with Crippen molar-refractivity contribution in [3.63, 3.8) is 0 Å². The Hall–Kier alpha value is -1.71. The summed E-state index contributed by atoms with van der Waals surface area (Å²) in [7, 11) is -3.91. The Kier molecular flexibility index (Phi) is 6.59. The van der Waals surface area contributed by atoms with Crippen molar-refractivity contribution in [2.75, 3.05) is 0 Å². The molecule has 9 heteroatoms. The highest BCUT2D eigenvalue weighted by Crippen LogP contribution is 2.21. The van der Waals surface area contributed by atoms with E-state index in [9.17, 15) is 13.2 Å². The van der Waals surface area contributed by atoms with Crippen molar-refractivity contribution in [2.45, 2.75) is 51.1 Å². The van der Waals surface area contributed by atoms with E-state index in [-0.39, 0.29) is 22.4 Å². The topological polar surface area (TPSA) is 101 Å². The number of hydrogen-bond donors (Lipinski definition) is 2. The molecule has 7 nitrogen and oxygen atoms in total. The average molecular weight is 444 g/mol. The van der Waals surface area contributed by atoms with Crippen LogP contribution in [0, 0.1) is 13.8 Å². The smallest absolute Gasteiger partial charge is 0.246 e. The molecule has 1 amide bonds. The van der Waals surface area contributed by atoms with Gasteiger partial charge in [-0.3, -0.25) is 4.79 Å². The minimum absolute atomic E-state index is 0.0305. The number of carbonyl (C=O) groups is 1. The Morgan fingerprint density at radius 2 is 1.88 bits per heavy atom. The monoisotopic (exact) mass is 443 g/mol. The largest absolute Gasteiger partial charge is 0.360 e. The van der Waals surface area contributed by atoms with Crippen LogP contribution in [0.15, 0.2) is 38.2 Å². The first-order chi connectivity index (χ1) is 12.2. The first-order valence-corrected chi connectivity index (χ1v) is 10.4. The van der Waals surface area contributed by atoms with E-state index in [0.717, 1.165) is 10.0 Å². The summed E-state index contributed by atoms with van der Waals surface area (Å²) in [5.41, 5.74) is 1.20. The normalized spacial score (nSPS) is 14.0.